The Morgan fingerprint density at radius 3 is 2.25 bits per heavy atom. The molecule has 0 aromatic rings. The molecule has 72 valence electrons. The van der Waals surface area contributed by atoms with E-state index in [1.807, 2.05) is 0 Å². The van der Waals surface area contributed by atoms with Gasteiger partial charge in [-0.15, -0.1) is 0 Å². The fourth-order valence-electron chi connectivity index (χ4n) is 2.40. The summed E-state index contributed by atoms with van der Waals surface area (Å²) in [6, 6.07) is 0.790. The minimum absolute atomic E-state index is 0.790. The van der Waals surface area contributed by atoms with Crippen molar-refractivity contribution in [1.29, 1.82) is 0 Å². The molecule has 0 aromatic heterocycles. The van der Waals surface area contributed by atoms with Crippen LogP contribution in [0.1, 0.15) is 46.5 Å². The van der Waals surface area contributed by atoms with Gasteiger partial charge in [0.1, 0.15) is 0 Å². The maximum absolute atomic E-state index is 3.67. The van der Waals surface area contributed by atoms with Crippen molar-refractivity contribution in [2.75, 3.05) is 6.54 Å². The van der Waals surface area contributed by atoms with Gasteiger partial charge in [-0.3, -0.25) is 0 Å². The second kappa shape index (κ2) is 4.86. The van der Waals surface area contributed by atoms with Crippen LogP contribution in [0.15, 0.2) is 0 Å². The molecular weight excluding hydrogens is 146 g/mol. The van der Waals surface area contributed by atoms with Crippen LogP contribution in [0, 0.1) is 11.8 Å². The second-order valence-electron chi connectivity index (χ2n) is 4.37. The van der Waals surface area contributed by atoms with Gasteiger partial charge in [0.15, 0.2) is 0 Å². The van der Waals surface area contributed by atoms with Gasteiger partial charge < -0.3 is 5.32 Å². The van der Waals surface area contributed by atoms with Crippen LogP contribution in [0.2, 0.25) is 0 Å². The molecule has 1 nitrogen and oxygen atoms in total. The van der Waals surface area contributed by atoms with Crippen LogP contribution >= 0.6 is 0 Å². The lowest BCUT2D eigenvalue weighted by Crippen LogP contribution is -2.43. The fraction of sp³-hybridized carbons (Fsp3) is 1.00. The van der Waals surface area contributed by atoms with E-state index in [2.05, 4.69) is 26.1 Å². The normalized spacial score (nSPS) is 36.8. The number of rotatable bonds is 3. The fourth-order valence-corrected chi connectivity index (χ4v) is 2.40. The molecule has 1 rings (SSSR count). The molecule has 0 bridgehead atoms. The average Bonchev–Trinajstić information content (AvgIpc) is 2.04. The minimum atomic E-state index is 0.790. The van der Waals surface area contributed by atoms with Crippen molar-refractivity contribution in [2.45, 2.75) is 52.5 Å². The van der Waals surface area contributed by atoms with Crippen molar-refractivity contribution in [3.8, 4) is 0 Å². The first-order chi connectivity index (χ1) is 5.75. The number of hydrogen-bond acceptors (Lipinski definition) is 1. The summed E-state index contributed by atoms with van der Waals surface area (Å²) in [7, 11) is 0. The standard InChI is InChI=1S/C11H23N/c1-4-8-12-11-9(2)6-5-7-10(11)3/h9-12H,4-8H2,1-3H3. The van der Waals surface area contributed by atoms with E-state index in [1.165, 1.54) is 32.2 Å². The summed E-state index contributed by atoms with van der Waals surface area (Å²) in [6.07, 6.45) is 5.54. The first-order valence-electron chi connectivity index (χ1n) is 5.49. The first kappa shape index (κ1) is 10.0. The van der Waals surface area contributed by atoms with Gasteiger partial charge in [-0.25, -0.2) is 0 Å². The van der Waals surface area contributed by atoms with Gasteiger partial charge in [0.2, 0.25) is 0 Å². The highest BCUT2D eigenvalue weighted by Gasteiger charge is 2.26. The van der Waals surface area contributed by atoms with E-state index in [0.29, 0.717) is 0 Å². The zero-order chi connectivity index (χ0) is 8.97. The molecule has 0 spiro atoms. The molecule has 12 heavy (non-hydrogen) atoms. The van der Waals surface area contributed by atoms with Crippen molar-refractivity contribution >= 4 is 0 Å². The molecule has 2 atom stereocenters. The monoisotopic (exact) mass is 169 g/mol. The number of nitrogens with one attached hydrogen (secondary N) is 1. The summed E-state index contributed by atoms with van der Waals surface area (Å²) in [5, 5.41) is 3.67. The van der Waals surface area contributed by atoms with Crippen molar-refractivity contribution in [3.05, 3.63) is 0 Å². The highest BCUT2D eigenvalue weighted by atomic mass is 14.9. The van der Waals surface area contributed by atoms with Crippen LogP contribution in [0.25, 0.3) is 0 Å². The molecule has 0 aromatic carbocycles. The minimum Gasteiger partial charge on any atom is -0.313 e. The summed E-state index contributed by atoms with van der Waals surface area (Å²) in [4.78, 5) is 0. The van der Waals surface area contributed by atoms with E-state index in [-0.39, 0.29) is 0 Å². The van der Waals surface area contributed by atoms with Crippen LogP contribution in [0.5, 0.6) is 0 Å². The third-order valence-electron chi connectivity index (χ3n) is 3.18. The van der Waals surface area contributed by atoms with Crippen molar-refractivity contribution < 1.29 is 0 Å². The van der Waals surface area contributed by atoms with Gasteiger partial charge in [-0.2, -0.15) is 0 Å². The Labute approximate surface area is 76.9 Å². The van der Waals surface area contributed by atoms with Gasteiger partial charge in [0.05, 0.1) is 0 Å². The van der Waals surface area contributed by atoms with E-state index >= 15 is 0 Å². The third kappa shape index (κ3) is 2.48. The molecule has 0 amide bonds. The van der Waals surface area contributed by atoms with Crippen LogP contribution < -0.4 is 5.32 Å². The quantitative estimate of drug-likeness (QED) is 0.685. The largest absolute Gasteiger partial charge is 0.313 e. The van der Waals surface area contributed by atoms with Crippen LogP contribution in [-0.4, -0.2) is 12.6 Å². The van der Waals surface area contributed by atoms with Gasteiger partial charge in [0, 0.05) is 6.04 Å². The van der Waals surface area contributed by atoms with E-state index in [0.717, 1.165) is 17.9 Å². The van der Waals surface area contributed by atoms with Gasteiger partial charge in [-0.05, 0) is 37.6 Å². The van der Waals surface area contributed by atoms with E-state index < -0.39 is 0 Å². The summed E-state index contributed by atoms with van der Waals surface area (Å²) < 4.78 is 0. The lowest BCUT2D eigenvalue weighted by Gasteiger charge is -2.35. The molecule has 1 saturated carbocycles. The topological polar surface area (TPSA) is 12.0 Å². The SMILES string of the molecule is CCCNC1C(C)CCCC1C. The summed E-state index contributed by atoms with van der Waals surface area (Å²) in [6.45, 7) is 8.22. The molecule has 0 aliphatic heterocycles. The molecule has 0 saturated heterocycles. The molecule has 1 fully saturated rings. The van der Waals surface area contributed by atoms with Gasteiger partial charge >= 0.3 is 0 Å². The van der Waals surface area contributed by atoms with Crippen LogP contribution in [0.4, 0.5) is 0 Å². The van der Waals surface area contributed by atoms with E-state index in [4.69, 9.17) is 0 Å². The Hall–Kier alpha value is -0.0400. The Bertz CT molecular complexity index is 112. The Balaban J connectivity index is 2.34. The lowest BCUT2D eigenvalue weighted by molar-refractivity contribution is 0.210. The van der Waals surface area contributed by atoms with Gasteiger partial charge in [-0.1, -0.05) is 27.2 Å². The molecule has 1 N–H and O–H groups in total. The highest BCUT2D eigenvalue weighted by Crippen LogP contribution is 2.28. The Morgan fingerprint density at radius 1 is 1.17 bits per heavy atom. The van der Waals surface area contributed by atoms with Crippen molar-refractivity contribution in [3.63, 3.8) is 0 Å². The second-order valence-corrected chi connectivity index (χ2v) is 4.37. The van der Waals surface area contributed by atoms with E-state index in [9.17, 15) is 0 Å². The maximum atomic E-state index is 3.67. The molecule has 1 aliphatic rings. The molecule has 1 heteroatoms. The van der Waals surface area contributed by atoms with Crippen LogP contribution in [-0.2, 0) is 0 Å². The smallest absolute Gasteiger partial charge is 0.0118 e. The molecule has 0 radical (unpaired) electrons. The average molecular weight is 169 g/mol. The maximum Gasteiger partial charge on any atom is 0.0118 e. The summed E-state index contributed by atoms with van der Waals surface area (Å²) in [5.74, 6) is 1.78. The summed E-state index contributed by atoms with van der Waals surface area (Å²) >= 11 is 0. The Morgan fingerprint density at radius 2 is 1.75 bits per heavy atom. The molecule has 2 unspecified atom stereocenters. The molecular formula is C11H23N. The van der Waals surface area contributed by atoms with Gasteiger partial charge in [0.25, 0.3) is 0 Å². The predicted octanol–water partition coefficient (Wildman–Crippen LogP) is 2.81. The third-order valence-corrected chi connectivity index (χ3v) is 3.18. The lowest BCUT2D eigenvalue weighted by atomic mass is 9.79. The molecule has 0 heterocycles. The van der Waals surface area contributed by atoms with Crippen LogP contribution in [0.3, 0.4) is 0 Å². The highest BCUT2D eigenvalue weighted by molar-refractivity contribution is 4.82. The summed E-state index contributed by atoms with van der Waals surface area (Å²) in [5.41, 5.74) is 0. The predicted molar refractivity (Wildman–Crippen MR) is 54.3 cm³/mol. The van der Waals surface area contributed by atoms with Crippen molar-refractivity contribution in [1.82, 2.24) is 5.32 Å². The Kier molecular flexibility index (Phi) is 4.07. The first-order valence-corrected chi connectivity index (χ1v) is 5.49. The zero-order valence-corrected chi connectivity index (χ0v) is 8.77. The number of hydrogen-bond donors (Lipinski definition) is 1. The molecule has 1 aliphatic carbocycles. The zero-order valence-electron chi connectivity index (χ0n) is 8.77. The van der Waals surface area contributed by atoms with E-state index in [1.54, 1.807) is 0 Å². The van der Waals surface area contributed by atoms with Crippen molar-refractivity contribution in [2.24, 2.45) is 11.8 Å².